The van der Waals surface area contributed by atoms with Gasteiger partial charge in [0.15, 0.2) is 5.13 Å². The molecular formula is C32H27N3O3S2. The first-order valence-corrected chi connectivity index (χ1v) is 14.4. The van der Waals surface area contributed by atoms with Crippen LogP contribution in [0.1, 0.15) is 26.7 Å². The fourth-order valence-electron chi connectivity index (χ4n) is 4.19. The molecule has 5 rings (SSSR count). The zero-order valence-electron chi connectivity index (χ0n) is 22.0. The minimum Gasteiger partial charge on any atom is -0.496 e. The Morgan fingerprint density at radius 3 is 2.42 bits per heavy atom. The summed E-state index contributed by atoms with van der Waals surface area (Å²) in [5, 5.41) is 7.85. The number of aromatic nitrogens is 1. The van der Waals surface area contributed by atoms with Gasteiger partial charge in [-0.1, -0.05) is 66.7 Å². The Hall–Kier alpha value is -4.40. The third-order valence-corrected chi connectivity index (χ3v) is 8.20. The second kappa shape index (κ2) is 12.6. The van der Waals surface area contributed by atoms with Gasteiger partial charge in [0.25, 0.3) is 5.91 Å². The molecule has 0 saturated carbocycles. The molecule has 4 aromatic carbocycles. The molecule has 1 heterocycles. The van der Waals surface area contributed by atoms with Crippen LogP contribution in [-0.4, -0.2) is 23.9 Å². The Kier molecular flexibility index (Phi) is 8.59. The van der Waals surface area contributed by atoms with Gasteiger partial charge < -0.3 is 15.4 Å². The van der Waals surface area contributed by atoms with Crippen molar-refractivity contribution in [1.29, 1.82) is 0 Å². The van der Waals surface area contributed by atoms with Gasteiger partial charge in [0.2, 0.25) is 5.91 Å². The second-order valence-electron chi connectivity index (χ2n) is 8.93. The summed E-state index contributed by atoms with van der Waals surface area (Å²) in [7, 11) is 1.62. The van der Waals surface area contributed by atoms with E-state index in [9.17, 15) is 9.59 Å². The molecule has 2 N–H and O–H groups in total. The number of nitrogens with one attached hydrogen (secondary N) is 2. The number of aryl methyl sites for hydroxylation is 1. The molecule has 0 saturated heterocycles. The van der Waals surface area contributed by atoms with E-state index in [1.165, 1.54) is 23.1 Å². The number of nitrogens with zero attached hydrogens (tertiary/aromatic N) is 1. The summed E-state index contributed by atoms with van der Waals surface area (Å²) < 4.78 is 5.46. The van der Waals surface area contributed by atoms with Crippen molar-refractivity contribution in [3.8, 4) is 17.0 Å². The van der Waals surface area contributed by atoms with Crippen LogP contribution in [-0.2, 0) is 4.79 Å². The number of benzene rings is 4. The van der Waals surface area contributed by atoms with Crippen molar-refractivity contribution < 1.29 is 14.3 Å². The third kappa shape index (κ3) is 6.42. The molecule has 0 bridgehead atoms. The minimum absolute atomic E-state index is 0.174. The van der Waals surface area contributed by atoms with Crippen LogP contribution in [0.15, 0.2) is 113 Å². The average Bonchev–Trinajstić information content (AvgIpc) is 3.45. The van der Waals surface area contributed by atoms with Gasteiger partial charge in [-0.2, -0.15) is 0 Å². The van der Waals surface area contributed by atoms with E-state index in [-0.39, 0.29) is 11.8 Å². The summed E-state index contributed by atoms with van der Waals surface area (Å²) in [4.78, 5) is 32.0. The SMILES string of the molecule is COc1ccccc1-c1csc(NC(=O)C(Sc2cccc(NC(=O)c3ccccc3C)c2)c2ccccc2)n1. The predicted octanol–water partition coefficient (Wildman–Crippen LogP) is 7.85. The van der Waals surface area contributed by atoms with Gasteiger partial charge in [-0.15, -0.1) is 23.1 Å². The number of anilines is 2. The largest absolute Gasteiger partial charge is 0.496 e. The van der Waals surface area contributed by atoms with Gasteiger partial charge in [-0.3, -0.25) is 9.59 Å². The smallest absolute Gasteiger partial charge is 0.255 e. The number of thioether (sulfide) groups is 1. The van der Waals surface area contributed by atoms with Gasteiger partial charge in [0.1, 0.15) is 11.0 Å². The van der Waals surface area contributed by atoms with Gasteiger partial charge in [-0.05, 0) is 54.4 Å². The molecule has 0 aliphatic carbocycles. The van der Waals surface area contributed by atoms with Crippen molar-refractivity contribution in [3.63, 3.8) is 0 Å². The van der Waals surface area contributed by atoms with Crippen LogP contribution in [0, 0.1) is 6.92 Å². The van der Waals surface area contributed by atoms with Crippen LogP contribution in [0.3, 0.4) is 0 Å². The lowest BCUT2D eigenvalue weighted by atomic mass is 10.1. The highest BCUT2D eigenvalue weighted by molar-refractivity contribution is 8.00. The minimum atomic E-state index is -0.540. The van der Waals surface area contributed by atoms with Crippen LogP contribution in [0.4, 0.5) is 10.8 Å². The lowest BCUT2D eigenvalue weighted by Crippen LogP contribution is -2.19. The molecule has 0 aliphatic rings. The number of para-hydroxylation sites is 1. The summed E-state index contributed by atoms with van der Waals surface area (Å²) >= 11 is 2.78. The highest BCUT2D eigenvalue weighted by Gasteiger charge is 2.24. The fourth-order valence-corrected chi connectivity index (χ4v) is 5.99. The molecule has 6 nitrogen and oxygen atoms in total. The number of carbonyl (C=O) groups is 2. The molecule has 2 amide bonds. The quantitative estimate of drug-likeness (QED) is 0.178. The molecule has 0 aliphatic heterocycles. The lowest BCUT2D eigenvalue weighted by Gasteiger charge is -2.17. The van der Waals surface area contributed by atoms with Crippen molar-refractivity contribution in [2.45, 2.75) is 17.1 Å². The third-order valence-electron chi connectivity index (χ3n) is 6.19. The zero-order chi connectivity index (χ0) is 27.9. The second-order valence-corrected chi connectivity index (χ2v) is 11.0. The Bertz CT molecular complexity index is 1640. The first-order chi connectivity index (χ1) is 19.5. The summed E-state index contributed by atoms with van der Waals surface area (Å²) in [5.41, 5.74) is 4.65. The van der Waals surface area contributed by atoms with Gasteiger partial charge in [0, 0.05) is 27.1 Å². The van der Waals surface area contributed by atoms with E-state index in [4.69, 9.17) is 4.74 Å². The van der Waals surface area contributed by atoms with Crippen LogP contribution in [0.25, 0.3) is 11.3 Å². The van der Waals surface area contributed by atoms with E-state index in [1.807, 2.05) is 109 Å². The first-order valence-electron chi connectivity index (χ1n) is 12.6. The Labute approximate surface area is 241 Å². The topological polar surface area (TPSA) is 80.3 Å². The van der Waals surface area contributed by atoms with E-state index in [0.29, 0.717) is 16.4 Å². The number of hydrogen-bond donors (Lipinski definition) is 2. The monoisotopic (exact) mass is 565 g/mol. The molecule has 1 atom stereocenters. The number of hydrogen-bond acceptors (Lipinski definition) is 6. The van der Waals surface area contributed by atoms with Gasteiger partial charge in [0.05, 0.1) is 12.8 Å². The lowest BCUT2D eigenvalue weighted by molar-refractivity contribution is -0.115. The molecule has 1 unspecified atom stereocenters. The maximum absolute atomic E-state index is 13.6. The fraction of sp³-hybridized carbons (Fsp3) is 0.0938. The predicted molar refractivity (Wildman–Crippen MR) is 163 cm³/mol. The average molecular weight is 566 g/mol. The van der Waals surface area contributed by atoms with Crippen LogP contribution in [0.5, 0.6) is 5.75 Å². The molecule has 200 valence electrons. The van der Waals surface area contributed by atoms with E-state index < -0.39 is 5.25 Å². The van der Waals surface area contributed by atoms with E-state index >= 15 is 0 Å². The molecule has 40 heavy (non-hydrogen) atoms. The zero-order valence-corrected chi connectivity index (χ0v) is 23.6. The highest BCUT2D eigenvalue weighted by Crippen LogP contribution is 2.38. The molecule has 0 radical (unpaired) electrons. The van der Waals surface area contributed by atoms with Crippen molar-refractivity contribution in [2.24, 2.45) is 0 Å². The number of methoxy groups -OCH3 is 1. The summed E-state index contributed by atoms with van der Waals surface area (Å²) in [6, 6.07) is 32.3. The summed E-state index contributed by atoms with van der Waals surface area (Å²) in [6.07, 6.45) is 0. The molecule has 8 heteroatoms. The number of rotatable bonds is 9. The van der Waals surface area contributed by atoms with Gasteiger partial charge in [-0.25, -0.2) is 4.98 Å². The van der Waals surface area contributed by atoms with E-state index in [1.54, 1.807) is 13.2 Å². The van der Waals surface area contributed by atoms with Crippen LogP contribution < -0.4 is 15.4 Å². The molecule has 5 aromatic rings. The van der Waals surface area contributed by atoms with Crippen LogP contribution in [0.2, 0.25) is 0 Å². The molecule has 0 spiro atoms. The molecule has 0 fully saturated rings. The maximum atomic E-state index is 13.6. The van der Waals surface area contributed by atoms with Crippen molar-refractivity contribution in [2.75, 3.05) is 17.7 Å². The molecular weight excluding hydrogens is 539 g/mol. The maximum Gasteiger partial charge on any atom is 0.255 e. The van der Waals surface area contributed by atoms with Crippen molar-refractivity contribution in [3.05, 3.63) is 125 Å². The normalized spacial score (nSPS) is 11.4. The number of thiazole rings is 1. The van der Waals surface area contributed by atoms with Gasteiger partial charge >= 0.3 is 0 Å². The van der Waals surface area contributed by atoms with Crippen molar-refractivity contribution >= 4 is 45.7 Å². The number of amides is 2. The van der Waals surface area contributed by atoms with Crippen molar-refractivity contribution in [1.82, 2.24) is 4.98 Å². The molecule has 1 aromatic heterocycles. The Balaban J connectivity index is 1.35. The standard InChI is InChI=1S/C32H27N3O3S2/c1-21-11-6-7-16-25(21)30(36)33-23-14-10-15-24(19-23)40-29(22-12-4-3-5-13-22)31(37)35-32-34-27(20-39-32)26-17-8-9-18-28(26)38-2/h3-20,29H,1-2H3,(H,33,36)(H,34,35,37). The number of carbonyl (C=O) groups excluding carboxylic acids is 2. The van der Waals surface area contributed by atoms with Crippen LogP contribution >= 0.6 is 23.1 Å². The number of ether oxygens (including phenoxy) is 1. The summed E-state index contributed by atoms with van der Waals surface area (Å²) in [6.45, 7) is 1.91. The highest BCUT2D eigenvalue weighted by atomic mass is 32.2. The summed E-state index contributed by atoms with van der Waals surface area (Å²) in [5.74, 6) is 0.358. The first kappa shape index (κ1) is 27.2. The Morgan fingerprint density at radius 1 is 0.875 bits per heavy atom. The van der Waals surface area contributed by atoms with E-state index in [2.05, 4.69) is 15.6 Å². The Morgan fingerprint density at radius 2 is 1.62 bits per heavy atom. The van der Waals surface area contributed by atoms with E-state index in [0.717, 1.165) is 33.0 Å².